The van der Waals surface area contributed by atoms with Gasteiger partial charge in [-0.2, -0.15) is 0 Å². The summed E-state index contributed by atoms with van der Waals surface area (Å²) in [4.78, 5) is 13.0. The minimum atomic E-state index is -1.32. The van der Waals surface area contributed by atoms with Crippen molar-refractivity contribution in [2.45, 2.75) is 88.4 Å². The van der Waals surface area contributed by atoms with Crippen LogP contribution in [0.15, 0.2) is 0 Å². The average Bonchev–Trinajstić information content (AvgIpc) is 2.74. The smallest absolute Gasteiger partial charge is 0.237 e. The van der Waals surface area contributed by atoms with Gasteiger partial charge < -0.3 is 35.4 Å². The van der Waals surface area contributed by atoms with E-state index in [9.17, 15) is 20.1 Å². The third-order valence-corrected chi connectivity index (χ3v) is 6.92. The molecule has 0 aromatic carbocycles. The van der Waals surface area contributed by atoms with Gasteiger partial charge in [-0.15, -0.1) is 11.8 Å². The van der Waals surface area contributed by atoms with Crippen molar-refractivity contribution in [2.24, 2.45) is 11.8 Å². The Kier molecular flexibility index (Phi) is 10.8. The molecule has 2 heterocycles. The Morgan fingerprint density at radius 3 is 2.60 bits per heavy atom. The Balaban J connectivity index is 1.97. The van der Waals surface area contributed by atoms with Gasteiger partial charge in [0.1, 0.15) is 29.9 Å². The van der Waals surface area contributed by atoms with Gasteiger partial charge in [-0.25, -0.2) is 0 Å². The van der Waals surface area contributed by atoms with E-state index in [1.165, 1.54) is 11.8 Å². The van der Waals surface area contributed by atoms with Crippen LogP contribution in [0, 0.1) is 11.8 Å². The highest BCUT2D eigenvalue weighted by Crippen LogP contribution is 2.30. The number of carbonyl (C=O) groups is 1. The second kappa shape index (κ2) is 12.6. The van der Waals surface area contributed by atoms with Gasteiger partial charge in [0.25, 0.3) is 0 Å². The van der Waals surface area contributed by atoms with Crippen molar-refractivity contribution in [3.05, 3.63) is 0 Å². The predicted octanol–water partition coefficient (Wildman–Crippen LogP) is 0.483. The van der Waals surface area contributed by atoms with Crippen LogP contribution in [0.5, 0.6) is 0 Å². The van der Waals surface area contributed by atoms with Gasteiger partial charge >= 0.3 is 0 Å². The van der Waals surface area contributed by atoms with Crippen LogP contribution >= 0.6 is 11.8 Å². The van der Waals surface area contributed by atoms with Crippen LogP contribution in [0.25, 0.3) is 0 Å². The fraction of sp³-hybridized carbons (Fsp3) is 0.952. The molecule has 0 aromatic heterocycles. The fourth-order valence-corrected chi connectivity index (χ4v) is 4.89. The first kappa shape index (κ1) is 25.8. The molecular formula is C21H40N2O6S. The number of hydrogen-bond acceptors (Lipinski definition) is 8. The first-order chi connectivity index (χ1) is 14.3. The van der Waals surface area contributed by atoms with Crippen molar-refractivity contribution in [2.75, 3.05) is 26.0 Å². The highest BCUT2D eigenvalue weighted by atomic mass is 32.2. The lowest BCUT2D eigenvalue weighted by atomic mass is 9.87. The van der Waals surface area contributed by atoms with Crippen molar-refractivity contribution < 1.29 is 29.6 Å². The van der Waals surface area contributed by atoms with Gasteiger partial charge in [-0.05, 0) is 50.3 Å². The van der Waals surface area contributed by atoms with Crippen molar-refractivity contribution in [1.29, 1.82) is 0 Å². The van der Waals surface area contributed by atoms with E-state index in [0.717, 1.165) is 45.4 Å². The summed E-state index contributed by atoms with van der Waals surface area (Å²) < 4.78 is 11.5. The van der Waals surface area contributed by atoms with E-state index in [4.69, 9.17) is 9.47 Å². The topological polar surface area (TPSA) is 120 Å². The van der Waals surface area contributed by atoms with Crippen LogP contribution in [0.4, 0.5) is 0 Å². The van der Waals surface area contributed by atoms with Crippen molar-refractivity contribution in [1.82, 2.24) is 10.6 Å². The van der Waals surface area contributed by atoms with E-state index < -0.39 is 35.9 Å². The maximum absolute atomic E-state index is 13.0. The summed E-state index contributed by atoms with van der Waals surface area (Å²) in [6.07, 6.45) is 0.922. The van der Waals surface area contributed by atoms with Crippen LogP contribution < -0.4 is 10.6 Å². The van der Waals surface area contributed by atoms with Gasteiger partial charge in [0, 0.05) is 13.2 Å². The number of amides is 1. The quantitative estimate of drug-likeness (QED) is 0.306. The molecular weight excluding hydrogens is 408 g/mol. The monoisotopic (exact) mass is 448 g/mol. The Morgan fingerprint density at radius 1 is 1.23 bits per heavy atom. The Morgan fingerprint density at radius 2 is 1.97 bits per heavy atom. The zero-order valence-electron chi connectivity index (χ0n) is 18.6. The molecule has 30 heavy (non-hydrogen) atoms. The van der Waals surface area contributed by atoms with Crippen LogP contribution in [0.1, 0.15) is 46.5 Å². The highest BCUT2D eigenvalue weighted by Gasteiger charge is 2.47. The molecule has 5 N–H and O–H groups in total. The van der Waals surface area contributed by atoms with E-state index in [1.807, 2.05) is 13.8 Å². The molecule has 176 valence electrons. The number of hydrogen-bond donors (Lipinski definition) is 5. The molecule has 9 heteroatoms. The minimum Gasteiger partial charge on any atom is -0.388 e. The van der Waals surface area contributed by atoms with Gasteiger partial charge in [0.2, 0.25) is 5.91 Å². The van der Waals surface area contributed by atoms with Gasteiger partial charge in [-0.3, -0.25) is 4.79 Å². The zero-order valence-corrected chi connectivity index (χ0v) is 19.4. The third-order valence-electron chi connectivity index (χ3n) is 6.07. The minimum absolute atomic E-state index is 0.0274. The lowest BCUT2D eigenvalue weighted by molar-refractivity contribution is -0.208. The van der Waals surface area contributed by atoms with E-state index in [2.05, 4.69) is 17.6 Å². The number of thioether (sulfide) groups is 1. The normalized spacial score (nSPS) is 35.9. The molecule has 0 radical (unpaired) electrons. The third kappa shape index (κ3) is 6.79. The maximum atomic E-state index is 13.0. The first-order valence-corrected chi connectivity index (χ1v) is 12.4. The Hall–Kier alpha value is -0.420. The van der Waals surface area contributed by atoms with Crippen LogP contribution in [-0.4, -0.2) is 89.2 Å². The molecule has 0 saturated carbocycles. The largest absolute Gasteiger partial charge is 0.388 e. The molecule has 2 saturated heterocycles. The molecule has 8 atom stereocenters. The molecule has 0 spiro atoms. The van der Waals surface area contributed by atoms with E-state index in [0.29, 0.717) is 5.92 Å². The van der Waals surface area contributed by atoms with Gasteiger partial charge in [0.05, 0.1) is 12.1 Å². The fourth-order valence-electron chi connectivity index (χ4n) is 4.21. The molecule has 2 fully saturated rings. The standard InChI is InChI=1S/C21H40N2O6S/c1-5-9-28-10-7-13-6-8-22-14(11-13)20(27)23-15(12(2)3)19-17(25)16(24)18(26)21(29-19)30-4/h12-19,21-22,24-26H,5-11H2,1-4H3,(H,23,27)/t13?,14-,15+,16-,17+,18+,19+,21+/m0/s1. The van der Waals surface area contributed by atoms with E-state index >= 15 is 0 Å². The van der Waals surface area contributed by atoms with Gasteiger partial charge in [0.15, 0.2) is 0 Å². The second-order valence-electron chi connectivity index (χ2n) is 8.75. The number of ether oxygens (including phenoxy) is 2. The number of aliphatic hydroxyl groups is 3. The van der Waals surface area contributed by atoms with Crippen molar-refractivity contribution in [3.63, 3.8) is 0 Å². The van der Waals surface area contributed by atoms with Crippen molar-refractivity contribution in [3.8, 4) is 0 Å². The van der Waals surface area contributed by atoms with Crippen LogP contribution in [0.3, 0.4) is 0 Å². The predicted molar refractivity (Wildman–Crippen MR) is 117 cm³/mol. The van der Waals surface area contributed by atoms with Crippen molar-refractivity contribution >= 4 is 17.7 Å². The lowest BCUT2D eigenvalue weighted by Gasteiger charge is -2.44. The molecule has 8 nitrogen and oxygen atoms in total. The number of nitrogens with one attached hydrogen (secondary N) is 2. The summed E-state index contributed by atoms with van der Waals surface area (Å²) >= 11 is 1.27. The molecule has 0 aromatic rings. The van der Waals surface area contributed by atoms with E-state index in [1.54, 1.807) is 6.26 Å². The lowest BCUT2D eigenvalue weighted by Crippen LogP contribution is -2.65. The average molecular weight is 449 g/mol. The Labute approximate surface area is 184 Å². The summed E-state index contributed by atoms with van der Waals surface area (Å²) in [6, 6.07) is -0.789. The molecule has 0 aliphatic carbocycles. The summed E-state index contributed by atoms with van der Waals surface area (Å²) in [5.41, 5.74) is -0.660. The molecule has 1 amide bonds. The number of rotatable bonds is 10. The number of carbonyl (C=O) groups excluding carboxylic acids is 1. The molecule has 1 unspecified atom stereocenters. The maximum Gasteiger partial charge on any atom is 0.237 e. The van der Waals surface area contributed by atoms with Gasteiger partial charge in [-0.1, -0.05) is 20.8 Å². The van der Waals surface area contributed by atoms with Crippen LogP contribution in [-0.2, 0) is 14.3 Å². The first-order valence-electron chi connectivity index (χ1n) is 11.1. The number of piperidine rings is 1. The summed E-state index contributed by atoms with van der Waals surface area (Å²) in [7, 11) is 0. The molecule has 2 aliphatic rings. The molecule has 2 rings (SSSR count). The Bertz CT molecular complexity index is 524. The molecule has 2 aliphatic heterocycles. The summed E-state index contributed by atoms with van der Waals surface area (Å²) in [5, 5.41) is 37.2. The second-order valence-corrected chi connectivity index (χ2v) is 9.69. The van der Waals surface area contributed by atoms with Crippen LogP contribution in [0.2, 0.25) is 0 Å². The summed E-state index contributed by atoms with van der Waals surface area (Å²) in [6.45, 7) is 8.24. The highest BCUT2D eigenvalue weighted by molar-refractivity contribution is 7.99. The zero-order chi connectivity index (χ0) is 22.3. The number of aliphatic hydroxyl groups excluding tert-OH is 3. The summed E-state index contributed by atoms with van der Waals surface area (Å²) in [5.74, 6) is 0.288. The molecule has 0 bridgehead atoms. The SMILES string of the molecule is CCCOCCC1CCN[C@H](C(=O)N[C@H](C(C)C)[C@H]2O[C@H](SC)[C@H](O)[C@@H](O)[C@H]2O)C1. The van der Waals surface area contributed by atoms with E-state index in [-0.39, 0.29) is 17.9 Å².